The van der Waals surface area contributed by atoms with Gasteiger partial charge in [0, 0.05) is 18.8 Å². The van der Waals surface area contributed by atoms with E-state index in [0.717, 1.165) is 46.5 Å². The molecular formula is C22H24N2O. The number of para-hydroxylation sites is 1. The molecule has 3 rings (SSSR count). The summed E-state index contributed by atoms with van der Waals surface area (Å²) in [4.78, 5) is 18.7. The van der Waals surface area contributed by atoms with E-state index in [0.29, 0.717) is 6.54 Å². The van der Waals surface area contributed by atoms with E-state index >= 15 is 0 Å². The molecule has 0 saturated carbocycles. The van der Waals surface area contributed by atoms with Crippen molar-refractivity contribution in [3.63, 3.8) is 0 Å². The van der Waals surface area contributed by atoms with Gasteiger partial charge in [-0.2, -0.15) is 0 Å². The van der Waals surface area contributed by atoms with Gasteiger partial charge >= 0.3 is 0 Å². The van der Waals surface area contributed by atoms with Crippen LogP contribution in [0.3, 0.4) is 0 Å². The van der Waals surface area contributed by atoms with Crippen LogP contribution in [-0.2, 0) is 11.3 Å². The predicted molar refractivity (Wildman–Crippen MR) is 103 cm³/mol. The molecule has 0 N–H and O–H groups in total. The molecule has 0 radical (unpaired) electrons. The Kier molecular flexibility index (Phi) is 5.13. The van der Waals surface area contributed by atoms with Crippen molar-refractivity contribution in [2.24, 2.45) is 0 Å². The summed E-state index contributed by atoms with van der Waals surface area (Å²) in [6.07, 6.45) is 10.6. The zero-order chi connectivity index (χ0) is 17.8. The van der Waals surface area contributed by atoms with E-state index in [2.05, 4.69) is 29.3 Å². The maximum Gasteiger partial charge on any atom is 0.224 e. The van der Waals surface area contributed by atoms with Crippen LogP contribution in [0.2, 0.25) is 0 Å². The van der Waals surface area contributed by atoms with Gasteiger partial charge in [0.15, 0.2) is 0 Å². The Morgan fingerprint density at radius 1 is 1.16 bits per heavy atom. The molecular weight excluding hydrogens is 308 g/mol. The van der Waals surface area contributed by atoms with E-state index in [9.17, 15) is 4.79 Å². The molecule has 0 saturated heterocycles. The lowest BCUT2D eigenvalue weighted by Crippen LogP contribution is -2.29. The molecule has 1 amide bonds. The average molecular weight is 332 g/mol. The highest BCUT2D eigenvalue weighted by molar-refractivity contribution is 5.92. The Bertz CT molecular complexity index is 849. The fourth-order valence-corrected chi connectivity index (χ4v) is 3.10. The predicted octanol–water partition coefficient (Wildman–Crippen LogP) is 4.98. The van der Waals surface area contributed by atoms with E-state index in [1.54, 1.807) is 6.92 Å². The molecule has 0 bridgehead atoms. The number of hydrogen-bond donors (Lipinski definition) is 0. The van der Waals surface area contributed by atoms with Crippen LogP contribution in [0, 0.1) is 13.8 Å². The van der Waals surface area contributed by atoms with Crippen LogP contribution < -0.4 is 4.90 Å². The van der Waals surface area contributed by atoms with Crippen molar-refractivity contribution in [1.82, 2.24) is 4.98 Å². The van der Waals surface area contributed by atoms with Crippen molar-refractivity contribution in [3.05, 3.63) is 77.1 Å². The van der Waals surface area contributed by atoms with Crippen molar-refractivity contribution in [1.29, 1.82) is 0 Å². The lowest BCUT2D eigenvalue weighted by Gasteiger charge is -2.24. The first-order valence-electron chi connectivity index (χ1n) is 8.72. The fraction of sp³-hybridized carbons (Fsp3) is 0.273. The molecule has 3 nitrogen and oxygen atoms in total. The second kappa shape index (κ2) is 7.47. The highest BCUT2D eigenvalue weighted by Gasteiger charge is 2.16. The molecule has 1 heterocycles. The molecule has 0 fully saturated rings. The van der Waals surface area contributed by atoms with Gasteiger partial charge in [-0.25, -0.2) is 0 Å². The number of amides is 1. The largest absolute Gasteiger partial charge is 0.308 e. The monoisotopic (exact) mass is 332 g/mol. The lowest BCUT2D eigenvalue weighted by molar-refractivity contribution is -0.116. The van der Waals surface area contributed by atoms with E-state index in [4.69, 9.17) is 0 Å². The summed E-state index contributed by atoms with van der Waals surface area (Å²) < 4.78 is 0. The Balaban J connectivity index is 1.95. The Morgan fingerprint density at radius 3 is 2.64 bits per heavy atom. The quantitative estimate of drug-likeness (QED) is 0.790. The van der Waals surface area contributed by atoms with E-state index in [1.807, 2.05) is 49.2 Å². The number of pyridine rings is 1. The zero-order valence-electron chi connectivity index (χ0n) is 15.1. The van der Waals surface area contributed by atoms with Gasteiger partial charge in [-0.05, 0) is 61.1 Å². The van der Waals surface area contributed by atoms with Crippen LogP contribution in [0.5, 0.6) is 0 Å². The number of allylic oxidation sites excluding steroid dienone is 4. The summed E-state index contributed by atoms with van der Waals surface area (Å²) in [5.41, 5.74) is 6.43. The second-order valence-corrected chi connectivity index (χ2v) is 6.53. The van der Waals surface area contributed by atoms with E-state index in [-0.39, 0.29) is 5.91 Å². The number of carbonyl (C=O) groups excluding carboxylic acids is 1. The maximum atomic E-state index is 12.3. The number of rotatable bonds is 4. The number of hydrogen-bond acceptors (Lipinski definition) is 2. The van der Waals surface area contributed by atoms with Crippen LogP contribution in [-0.4, -0.2) is 10.9 Å². The number of anilines is 1. The van der Waals surface area contributed by atoms with Crippen molar-refractivity contribution < 1.29 is 4.79 Å². The van der Waals surface area contributed by atoms with Gasteiger partial charge in [-0.3, -0.25) is 9.78 Å². The first kappa shape index (κ1) is 17.2. The lowest BCUT2D eigenvalue weighted by atomic mass is 10.0. The SMILES string of the molecule is CC(=O)N(Cc1cc(C2=CCCC=C2)ncc1C)c1ccccc1C. The highest BCUT2D eigenvalue weighted by Crippen LogP contribution is 2.25. The second-order valence-electron chi connectivity index (χ2n) is 6.53. The molecule has 3 heteroatoms. The minimum absolute atomic E-state index is 0.0452. The van der Waals surface area contributed by atoms with Gasteiger partial charge in [0.25, 0.3) is 0 Å². The number of benzene rings is 1. The Hall–Kier alpha value is -2.68. The first-order valence-corrected chi connectivity index (χ1v) is 8.72. The third kappa shape index (κ3) is 3.87. The van der Waals surface area contributed by atoms with Gasteiger partial charge in [-0.15, -0.1) is 0 Å². The van der Waals surface area contributed by atoms with Gasteiger partial charge in [0.2, 0.25) is 5.91 Å². The Labute approximate surface area is 149 Å². The third-order valence-electron chi connectivity index (χ3n) is 4.62. The van der Waals surface area contributed by atoms with Crippen molar-refractivity contribution in [2.75, 3.05) is 4.90 Å². The number of nitrogens with zero attached hydrogens (tertiary/aromatic N) is 2. The smallest absolute Gasteiger partial charge is 0.224 e. The summed E-state index contributed by atoms with van der Waals surface area (Å²) in [5.74, 6) is 0.0452. The average Bonchev–Trinajstić information content (AvgIpc) is 2.62. The zero-order valence-corrected chi connectivity index (χ0v) is 15.1. The molecule has 128 valence electrons. The van der Waals surface area contributed by atoms with Crippen molar-refractivity contribution in [3.8, 4) is 0 Å². The van der Waals surface area contributed by atoms with Gasteiger partial charge in [0.1, 0.15) is 0 Å². The number of carbonyl (C=O) groups is 1. The summed E-state index contributed by atoms with van der Waals surface area (Å²) in [5, 5.41) is 0. The Morgan fingerprint density at radius 2 is 1.96 bits per heavy atom. The topological polar surface area (TPSA) is 33.2 Å². The minimum Gasteiger partial charge on any atom is -0.308 e. The molecule has 1 aliphatic rings. The summed E-state index contributed by atoms with van der Waals surface area (Å²) in [6.45, 7) is 6.26. The molecule has 1 aliphatic carbocycles. The fourth-order valence-electron chi connectivity index (χ4n) is 3.10. The van der Waals surface area contributed by atoms with Crippen molar-refractivity contribution in [2.45, 2.75) is 40.2 Å². The molecule has 0 spiro atoms. The van der Waals surface area contributed by atoms with Crippen LogP contribution in [0.1, 0.15) is 42.1 Å². The van der Waals surface area contributed by atoms with Gasteiger partial charge in [-0.1, -0.05) is 36.4 Å². The van der Waals surface area contributed by atoms with Crippen molar-refractivity contribution >= 4 is 17.2 Å². The van der Waals surface area contributed by atoms with Gasteiger partial charge < -0.3 is 4.90 Å². The maximum absolute atomic E-state index is 12.3. The van der Waals surface area contributed by atoms with Crippen LogP contribution in [0.4, 0.5) is 5.69 Å². The summed E-state index contributed by atoms with van der Waals surface area (Å²) in [6, 6.07) is 10.1. The number of aromatic nitrogens is 1. The van der Waals surface area contributed by atoms with Crippen LogP contribution in [0.15, 0.2) is 54.8 Å². The molecule has 1 aromatic carbocycles. The molecule has 0 unspecified atom stereocenters. The van der Waals surface area contributed by atoms with Crippen LogP contribution in [0.25, 0.3) is 5.57 Å². The molecule has 0 atom stereocenters. The highest BCUT2D eigenvalue weighted by atomic mass is 16.2. The van der Waals surface area contributed by atoms with Crippen LogP contribution >= 0.6 is 0 Å². The molecule has 1 aromatic heterocycles. The number of aryl methyl sites for hydroxylation is 2. The van der Waals surface area contributed by atoms with E-state index < -0.39 is 0 Å². The standard InChI is InChI=1S/C22H24N2O/c1-16-9-7-8-12-22(16)24(18(3)25)15-20-13-21(23-14-17(20)2)19-10-5-4-6-11-19/h5,7-14H,4,6,15H2,1-3H3. The molecule has 0 aliphatic heterocycles. The normalized spacial score (nSPS) is 13.5. The minimum atomic E-state index is 0.0452. The molecule has 2 aromatic rings. The molecule has 25 heavy (non-hydrogen) atoms. The first-order chi connectivity index (χ1) is 12.1. The summed E-state index contributed by atoms with van der Waals surface area (Å²) in [7, 11) is 0. The third-order valence-corrected chi connectivity index (χ3v) is 4.62. The van der Waals surface area contributed by atoms with E-state index in [1.165, 1.54) is 0 Å². The summed E-state index contributed by atoms with van der Waals surface area (Å²) >= 11 is 0. The van der Waals surface area contributed by atoms with Gasteiger partial charge in [0.05, 0.1) is 12.2 Å².